The smallest absolute Gasteiger partial charge is 0.270 e. The van der Waals surface area contributed by atoms with E-state index in [1.54, 1.807) is 16.9 Å². The minimum Gasteiger partial charge on any atom is -0.347 e. The second-order valence-electron chi connectivity index (χ2n) is 7.27. The Morgan fingerprint density at radius 3 is 2.77 bits per heavy atom. The van der Waals surface area contributed by atoms with E-state index in [2.05, 4.69) is 31.8 Å². The fraction of sp³-hybridized carbons (Fsp3) is 0.273. The van der Waals surface area contributed by atoms with E-state index in [1.807, 2.05) is 25.3 Å². The highest BCUT2D eigenvalue weighted by molar-refractivity contribution is 5.97. The molecule has 2 heterocycles. The molecule has 1 atom stereocenters. The largest absolute Gasteiger partial charge is 0.347 e. The van der Waals surface area contributed by atoms with Crippen molar-refractivity contribution in [3.63, 3.8) is 0 Å². The highest BCUT2D eigenvalue weighted by atomic mass is 16.2. The van der Waals surface area contributed by atoms with Gasteiger partial charge < -0.3 is 10.6 Å². The summed E-state index contributed by atoms with van der Waals surface area (Å²) >= 11 is 0. The van der Waals surface area contributed by atoms with Crippen LogP contribution in [-0.4, -0.2) is 31.6 Å². The van der Waals surface area contributed by atoms with Crippen molar-refractivity contribution in [1.29, 1.82) is 5.26 Å². The molecule has 0 fully saturated rings. The number of carbonyl (C=O) groups is 2. The van der Waals surface area contributed by atoms with Gasteiger partial charge in [0.1, 0.15) is 17.7 Å². The van der Waals surface area contributed by atoms with Crippen LogP contribution < -0.4 is 10.6 Å². The van der Waals surface area contributed by atoms with Crippen LogP contribution in [0.2, 0.25) is 0 Å². The van der Waals surface area contributed by atoms with Crippen molar-refractivity contribution in [3.8, 4) is 6.07 Å². The lowest BCUT2D eigenvalue weighted by atomic mass is 10.1. The molecule has 0 spiro atoms. The van der Waals surface area contributed by atoms with Gasteiger partial charge >= 0.3 is 0 Å². The number of fused-ring (bicyclic) bond motifs is 1. The summed E-state index contributed by atoms with van der Waals surface area (Å²) in [5, 5.41) is 19.0. The summed E-state index contributed by atoms with van der Waals surface area (Å²) in [6.45, 7) is 3.05. The molecule has 1 aromatic carbocycles. The lowest BCUT2D eigenvalue weighted by Gasteiger charge is -2.14. The molecular formula is C22H21N7O2. The number of nitriles is 1. The van der Waals surface area contributed by atoms with Crippen molar-refractivity contribution < 1.29 is 9.59 Å². The molecule has 2 N–H and O–H groups in total. The highest BCUT2D eigenvalue weighted by Gasteiger charge is 2.25. The zero-order chi connectivity index (χ0) is 21.8. The van der Waals surface area contributed by atoms with Crippen molar-refractivity contribution in [1.82, 2.24) is 30.4 Å². The molecule has 156 valence electrons. The minimum atomic E-state index is -0.393. The molecule has 0 aliphatic heterocycles. The standard InChI is InChI=1S/C22H21N7O2/c1-2-29-12-15(11-27-29)10-24-21(30)19-8-20(26-13-25-19)22(31)28-18-6-4-16-7-14(9-23)3-5-17(16)18/h3,5,7-8,11-13,18H,2,4,6,10H2,1H3,(H,24,30)(H,28,31)/t18-/m0/s1. The average Bonchev–Trinajstić information content (AvgIpc) is 3.44. The molecule has 31 heavy (non-hydrogen) atoms. The summed E-state index contributed by atoms with van der Waals surface area (Å²) < 4.78 is 1.77. The van der Waals surface area contributed by atoms with Crippen LogP contribution in [0.25, 0.3) is 0 Å². The van der Waals surface area contributed by atoms with E-state index in [0.717, 1.165) is 36.1 Å². The number of benzene rings is 1. The van der Waals surface area contributed by atoms with E-state index in [4.69, 9.17) is 5.26 Å². The molecule has 2 amide bonds. The van der Waals surface area contributed by atoms with Crippen LogP contribution in [0.4, 0.5) is 0 Å². The predicted molar refractivity (Wildman–Crippen MR) is 111 cm³/mol. The van der Waals surface area contributed by atoms with Crippen molar-refractivity contribution in [2.24, 2.45) is 0 Å². The van der Waals surface area contributed by atoms with Crippen molar-refractivity contribution in [2.45, 2.75) is 38.9 Å². The lowest BCUT2D eigenvalue weighted by molar-refractivity contribution is 0.0931. The summed E-state index contributed by atoms with van der Waals surface area (Å²) in [7, 11) is 0. The molecule has 3 aromatic rings. The van der Waals surface area contributed by atoms with Crippen molar-refractivity contribution >= 4 is 11.8 Å². The number of aromatic nitrogens is 4. The highest BCUT2D eigenvalue weighted by Crippen LogP contribution is 2.31. The lowest BCUT2D eigenvalue weighted by Crippen LogP contribution is -2.29. The zero-order valence-corrected chi connectivity index (χ0v) is 17.0. The third-order valence-electron chi connectivity index (χ3n) is 5.25. The van der Waals surface area contributed by atoms with Gasteiger partial charge in [0.15, 0.2) is 0 Å². The van der Waals surface area contributed by atoms with E-state index in [0.29, 0.717) is 12.1 Å². The van der Waals surface area contributed by atoms with E-state index >= 15 is 0 Å². The maximum Gasteiger partial charge on any atom is 0.270 e. The van der Waals surface area contributed by atoms with Gasteiger partial charge in [-0.1, -0.05) is 6.07 Å². The van der Waals surface area contributed by atoms with E-state index in [1.165, 1.54) is 12.4 Å². The van der Waals surface area contributed by atoms with Crippen LogP contribution in [0.15, 0.2) is 43.0 Å². The molecule has 0 saturated heterocycles. The Labute approximate surface area is 179 Å². The van der Waals surface area contributed by atoms with Gasteiger partial charge in [0, 0.05) is 30.9 Å². The maximum atomic E-state index is 12.7. The number of nitrogens with one attached hydrogen (secondary N) is 2. The van der Waals surface area contributed by atoms with Gasteiger partial charge in [-0.2, -0.15) is 10.4 Å². The van der Waals surface area contributed by atoms with Gasteiger partial charge in [-0.25, -0.2) is 9.97 Å². The molecule has 1 aliphatic rings. The minimum absolute atomic E-state index is 0.119. The summed E-state index contributed by atoms with van der Waals surface area (Å²) in [5.41, 5.74) is 3.81. The molecule has 0 saturated carbocycles. The fourth-order valence-corrected chi connectivity index (χ4v) is 3.62. The topological polar surface area (TPSA) is 126 Å². The predicted octanol–water partition coefficient (Wildman–Crippen LogP) is 1.91. The molecule has 0 unspecified atom stereocenters. The summed E-state index contributed by atoms with van der Waals surface area (Å²) in [6, 6.07) is 8.85. The molecular weight excluding hydrogens is 394 g/mol. The Hall–Kier alpha value is -4.06. The Kier molecular flexibility index (Phi) is 5.71. The van der Waals surface area contributed by atoms with Crippen LogP contribution in [0, 0.1) is 11.3 Å². The van der Waals surface area contributed by atoms with Crippen LogP contribution in [0.3, 0.4) is 0 Å². The second kappa shape index (κ2) is 8.75. The molecule has 9 nitrogen and oxygen atoms in total. The van der Waals surface area contributed by atoms with Gasteiger partial charge in [0.25, 0.3) is 11.8 Å². The molecule has 2 aromatic heterocycles. The van der Waals surface area contributed by atoms with Gasteiger partial charge in [0.2, 0.25) is 0 Å². The summed E-state index contributed by atoms with van der Waals surface area (Å²) in [4.78, 5) is 33.2. The van der Waals surface area contributed by atoms with Crippen LogP contribution in [0.1, 0.15) is 62.6 Å². The van der Waals surface area contributed by atoms with Crippen molar-refractivity contribution in [3.05, 3.63) is 76.6 Å². The van der Waals surface area contributed by atoms with Gasteiger partial charge in [-0.15, -0.1) is 0 Å². The molecule has 4 rings (SSSR count). The number of aryl methyl sites for hydroxylation is 2. The first-order valence-corrected chi connectivity index (χ1v) is 10.0. The Morgan fingerprint density at radius 1 is 1.23 bits per heavy atom. The first-order valence-electron chi connectivity index (χ1n) is 10.0. The summed E-state index contributed by atoms with van der Waals surface area (Å²) in [6.07, 6.45) is 6.31. The number of amides is 2. The Morgan fingerprint density at radius 2 is 2.03 bits per heavy atom. The summed E-state index contributed by atoms with van der Waals surface area (Å²) in [5.74, 6) is -0.765. The van der Waals surface area contributed by atoms with Crippen LogP contribution in [0.5, 0.6) is 0 Å². The third kappa shape index (κ3) is 4.43. The molecule has 9 heteroatoms. The normalized spacial score (nSPS) is 14.5. The number of nitrogens with zero attached hydrogens (tertiary/aromatic N) is 5. The molecule has 0 bridgehead atoms. The van der Waals surface area contributed by atoms with E-state index in [9.17, 15) is 9.59 Å². The molecule has 0 radical (unpaired) electrons. The van der Waals surface area contributed by atoms with Crippen LogP contribution >= 0.6 is 0 Å². The van der Waals surface area contributed by atoms with E-state index < -0.39 is 5.91 Å². The Balaban J connectivity index is 1.40. The fourth-order valence-electron chi connectivity index (χ4n) is 3.62. The van der Waals surface area contributed by atoms with Crippen LogP contribution in [-0.2, 0) is 19.5 Å². The quantitative estimate of drug-likeness (QED) is 0.633. The number of carbonyl (C=O) groups excluding carboxylic acids is 2. The van der Waals surface area contributed by atoms with Gasteiger partial charge in [0.05, 0.1) is 23.9 Å². The second-order valence-corrected chi connectivity index (χ2v) is 7.27. The first kappa shape index (κ1) is 20.2. The zero-order valence-electron chi connectivity index (χ0n) is 17.0. The number of hydrogen-bond donors (Lipinski definition) is 2. The average molecular weight is 415 g/mol. The van der Waals surface area contributed by atoms with Gasteiger partial charge in [-0.05, 0) is 43.0 Å². The number of rotatable bonds is 6. The first-order chi connectivity index (χ1) is 15.1. The van der Waals surface area contributed by atoms with E-state index in [-0.39, 0.29) is 23.3 Å². The third-order valence-corrected chi connectivity index (χ3v) is 5.25. The maximum absolute atomic E-state index is 12.7. The van der Waals surface area contributed by atoms with Crippen molar-refractivity contribution in [2.75, 3.05) is 0 Å². The Bertz CT molecular complexity index is 1180. The van der Waals surface area contributed by atoms with Gasteiger partial charge in [-0.3, -0.25) is 14.3 Å². The number of hydrogen-bond acceptors (Lipinski definition) is 6. The SMILES string of the molecule is CCn1cc(CNC(=O)c2cc(C(=O)N[C@H]3CCc4cc(C#N)ccc43)ncn2)cn1. The molecule has 1 aliphatic carbocycles. The monoisotopic (exact) mass is 415 g/mol.